The normalized spacial score (nSPS) is 11.8. The summed E-state index contributed by atoms with van der Waals surface area (Å²) in [5, 5.41) is 11.9. The van der Waals surface area contributed by atoms with Crippen molar-refractivity contribution in [2.75, 3.05) is 0 Å². The van der Waals surface area contributed by atoms with E-state index in [9.17, 15) is 9.90 Å². The summed E-state index contributed by atoms with van der Waals surface area (Å²) in [5.41, 5.74) is -0.550. The summed E-state index contributed by atoms with van der Waals surface area (Å²) in [6, 6.07) is 0. The molecule has 0 fully saturated rings. The van der Waals surface area contributed by atoms with Gasteiger partial charge >= 0.3 is 5.97 Å². The second-order valence-electron chi connectivity index (χ2n) is 7.71. The third-order valence-electron chi connectivity index (χ3n) is 5.46. The van der Waals surface area contributed by atoms with Crippen molar-refractivity contribution in [2.45, 2.75) is 130 Å². The third-order valence-corrected chi connectivity index (χ3v) is 5.46. The minimum atomic E-state index is -0.780. The monoisotopic (exact) mass is 339 g/mol. The van der Waals surface area contributed by atoms with Gasteiger partial charge in [0.1, 0.15) is 0 Å². The van der Waals surface area contributed by atoms with Gasteiger partial charge in [-0.15, -0.1) is 0 Å². The molecule has 0 saturated heterocycles. The summed E-state index contributed by atoms with van der Waals surface area (Å²) in [5.74, 6) is -0.780. The molecule has 2 nitrogen and oxygen atoms in total. The van der Waals surface area contributed by atoms with Gasteiger partial charge in [0.15, 0.2) is 0 Å². The third kappa shape index (κ3) is 11.1. The van der Waals surface area contributed by atoms with Gasteiger partial charge in [-0.05, 0) is 19.3 Å². The zero-order valence-corrected chi connectivity index (χ0v) is 16.8. The van der Waals surface area contributed by atoms with E-state index < -0.39 is 11.4 Å². The van der Waals surface area contributed by atoms with Crippen molar-refractivity contribution in [3.05, 3.63) is 0 Å². The molecule has 0 spiro atoms. The van der Waals surface area contributed by atoms with Crippen LogP contribution in [0.5, 0.6) is 0 Å². The smallest absolute Gasteiger partial charge is 0.247 e. The van der Waals surface area contributed by atoms with Crippen molar-refractivity contribution >= 4 is 5.97 Å². The highest BCUT2D eigenvalue weighted by Gasteiger charge is 2.37. The molecule has 24 heavy (non-hydrogen) atoms. The summed E-state index contributed by atoms with van der Waals surface area (Å²) in [6.45, 7) is 6.61. The molecule has 0 amide bonds. The topological polar surface area (TPSA) is 37.0 Å². The van der Waals surface area contributed by atoms with Gasteiger partial charge in [0.25, 0.3) is 0 Å². The van der Waals surface area contributed by atoms with E-state index in [0.29, 0.717) is 0 Å². The average molecular weight is 340 g/mol. The molecule has 0 aromatic heterocycles. The second-order valence-corrected chi connectivity index (χ2v) is 7.71. The van der Waals surface area contributed by atoms with Gasteiger partial charge in [-0.1, -0.05) is 111 Å². The lowest BCUT2D eigenvalue weighted by Gasteiger charge is -2.28. The molecule has 2 heteroatoms. The van der Waals surface area contributed by atoms with Crippen molar-refractivity contribution in [1.82, 2.24) is 0 Å². The summed E-state index contributed by atoms with van der Waals surface area (Å²) < 4.78 is 0. The largest absolute Gasteiger partial charge is 0.361 e. The van der Waals surface area contributed by atoms with Crippen LogP contribution in [0.2, 0.25) is 0 Å². The van der Waals surface area contributed by atoms with E-state index in [0.717, 1.165) is 44.9 Å². The SMILES string of the molecule is CCCCCCCCC(CCCC)(CCCCCCCC)C([O])=O. The molecule has 0 atom stereocenters. The maximum atomic E-state index is 11.9. The fourth-order valence-corrected chi connectivity index (χ4v) is 3.68. The van der Waals surface area contributed by atoms with Crippen molar-refractivity contribution in [1.29, 1.82) is 0 Å². The van der Waals surface area contributed by atoms with Crippen LogP contribution in [0.15, 0.2) is 0 Å². The molecule has 0 unspecified atom stereocenters. The van der Waals surface area contributed by atoms with Crippen molar-refractivity contribution < 1.29 is 9.90 Å². The molecule has 0 aromatic rings. The quantitative estimate of drug-likeness (QED) is 0.237. The minimum Gasteiger partial charge on any atom is -0.247 e. The molecule has 0 bridgehead atoms. The van der Waals surface area contributed by atoms with Crippen LogP contribution in [0.1, 0.15) is 130 Å². The predicted molar refractivity (Wildman–Crippen MR) is 104 cm³/mol. The number of hydrogen-bond donors (Lipinski definition) is 0. The molecule has 1 radical (unpaired) electrons. The first-order valence-corrected chi connectivity index (χ1v) is 10.8. The van der Waals surface area contributed by atoms with E-state index in [4.69, 9.17) is 0 Å². The molecule has 0 aliphatic carbocycles. The summed E-state index contributed by atoms with van der Waals surface area (Å²) in [4.78, 5) is 11.9. The fraction of sp³-hybridized carbons (Fsp3) is 0.955. The molecular weight excluding hydrogens is 296 g/mol. The van der Waals surface area contributed by atoms with Gasteiger partial charge < -0.3 is 0 Å². The molecule has 0 N–H and O–H groups in total. The first kappa shape index (κ1) is 23.5. The van der Waals surface area contributed by atoms with E-state index in [-0.39, 0.29) is 0 Å². The molecular formula is C22H43O2. The Kier molecular flexibility index (Phi) is 15.6. The summed E-state index contributed by atoms with van der Waals surface area (Å²) >= 11 is 0. The van der Waals surface area contributed by atoms with Crippen LogP contribution < -0.4 is 0 Å². The van der Waals surface area contributed by atoms with Crippen molar-refractivity contribution in [2.24, 2.45) is 5.41 Å². The Balaban J connectivity index is 4.32. The Morgan fingerprint density at radius 1 is 0.542 bits per heavy atom. The molecule has 0 aliphatic rings. The van der Waals surface area contributed by atoms with Crippen LogP contribution in [0.25, 0.3) is 0 Å². The van der Waals surface area contributed by atoms with E-state index in [1.54, 1.807) is 0 Å². The number of unbranched alkanes of at least 4 members (excludes halogenated alkanes) is 11. The van der Waals surface area contributed by atoms with E-state index >= 15 is 0 Å². The molecule has 143 valence electrons. The Morgan fingerprint density at radius 3 is 1.25 bits per heavy atom. The predicted octanol–water partition coefficient (Wildman–Crippen LogP) is 7.62. The Bertz CT molecular complexity index is 270. The van der Waals surface area contributed by atoms with Crippen LogP contribution in [0.3, 0.4) is 0 Å². The molecule has 0 aromatic carbocycles. The molecule has 0 rings (SSSR count). The zero-order valence-electron chi connectivity index (χ0n) is 16.8. The number of hydrogen-bond acceptors (Lipinski definition) is 1. The van der Waals surface area contributed by atoms with Crippen molar-refractivity contribution in [3.63, 3.8) is 0 Å². The number of carbonyl (C=O) groups excluding carboxylic acids is 1. The van der Waals surface area contributed by atoms with Crippen LogP contribution in [-0.4, -0.2) is 5.97 Å². The standard InChI is InChI=1S/C22H43O2/c1-4-7-10-12-14-16-19-22(21(23)24,18-9-6-3)20-17-15-13-11-8-5-2/h4-20H2,1-3H3. The molecule has 0 saturated carbocycles. The van der Waals surface area contributed by atoms with Crippen LogP contribution >= 0.6 is 0 Å². The lowest BCUT2D eigenvalue weighted by Crippen LogP contribution is -2.30. The highest BCUT2D eigenvalue weighted by atomic mass is 16.4. The molecule has 0 aliphatic heterocycles. The number of carbonyl (C=O) groups is 1. The lowest BCUT2D eigenvalue weighted by atomic mass is 9.74. The first-order valence-electron chi connectivity index (χ1n) is 10.8. The van der Waals surface area contributed by atoms with E-state index in [1.165, 1.54) is 64.2 Å². The van der Waals surface area contributed by atoms with Gasteiger partial charge in [-0.2, -0.15) is 0 Å². The Labute approximate surface area is 151 Å². The maximum Gasteiger partial charge on any atom is 0.361 e. The zero-order chi connectivity index (χ0) is 18.1. The van der Waals surface area contributed by atoms with Crippen LogP contribution in [-0.2, 0) is 9.90 Å². The highest BCUT2D eigenvalue weighted by molar-refractivity contribution is 5.74. The van der Waals surface area contributed by atoms with Crippen LogP contribution in [0, 0.1) is 5.41 Å². The van der Waals surface area contributed by atoms with Gasteiger partial charge in [-0.25, -0.2) is 9.90 Å². The van der Waals surface area contributed by atoms with Gasteiger partial charge in [0.05, 0.1) is 5.41 Å². The average Bonchev–Trinajstić information content (AvgIpc) is 2.57. The molecule has 0 heterocycles. The van der Waals surface area contributed by atoms with E-state index in [2.05, 4.69) is 20.8 Å². The van der Waals surface area contributed by atoms with Crippen LogP contribution in [0.4, 0.5) is 0 Å². The van der Waals surface area contributed by atoms with Crippen molar-refractivity contribution in [3.8, 4) is 0 Å². The highest BCUT2D eigenvalue weighted by Crippen LogP contribution is 2.37. The van der Waals surface area contributed by atoms with E-state index in [1.807, 2.05) is 0 Å². The maximum absolute atomic E-state index is 11.9. The number of rotatable bonds is 18. The van der Waals surface area contributed by atoms with Gasteiger partial charge in [-0.3, -0.25) is 0 Å². The second kappa shape index (κ2) is 16.0. The fourth-order valence-electron chi connectivity index (χ4n) is 3.68. The minimum absolute atomic E-state index is 0.550. The Morgan fingerprint density at radius 2 is 0.875 bits per heavy atom. The summed E-state index contributed by atoms with van der Waals surface area (Å²) in [7, 11) is 0. The first-order chi connectivity index (χ1) is 11.6. The Hall–Kier alpha value is -0.530. The summed E-state index contributed by atoms with van der Waals surface area (Å²) in [6.07, 6.45) is 19.2. The lowest BCUT2D eigenvalue weighted by molar-refractivity contribution is -0.157. The van der Waals surface area contributed by atoms with Gasteiger partial charge in [0.2, 0.25) is 0 Å². The van der Waals surface area contributed by atoms with Gasteiger partial charge in [0, 0.05) is 0 Å².